The Balaban J connectivity index is 1.77. The van der Waals surface area contributed by atoms with Gasteiger partial charge in [0.2, 0.25) is 0 Å². The van der Waals surface area contributed by atoms with Gasteiger partial charge in [-0.3, -0.25) is 9.78 Å². The Kier molecular flexibility index (Phi) is 4.34. The number of carbonyl (C=O) groups excluding carboxylic acids is 1. The molecule has 22 heavy (non-hydrogen) atoms. The minimum Gasteiger partial charge on any atom is -0.457 e. The molecule has 1 fully saturated rings. The first-order chi connectivity index (χ1) is 10.7. The van der Waals surface area contributed by atoms with Gasteiger partial charge in [-0.05, 0) is 37.3 Å². The van der Waals surface area contributed by atoms with E-state index < -0.39 is 0 Å². The van der Waals surface area contributed by atoms with Crippen molar-refractivity contribution in [2.24, 2.45) is 0 Å². The van der Waals surface area contributed by atoms with Crippen LogP contribution in [0.5, 0.6) is 11.5 Å². The van der Waals surface area contributed by atoms with Crippen LogP contribution >= 0.6 is 0 Å². The van der Waals surface area contributed by atoms with E-state index in [0.29, 0.717) is 17.1 Å². The molecule has 0 bridgehead atoms. The quantitative estimate of drug-likeness (QED) is 0.944. The molecule has 3 rings (SSSR count). The van der Waals surface area contributed by atoms with Crippen LogP contribution in [-0.4, -0.2) is 41.5 Å². The minimum atomic E-state index is 0.0502. The SMILES string of the molecule is C[C@@H]1CNCCN1C(=O)c1cccc(Oc2ccncc2)c1. The molecule has 0 spiro atoms. The summed E-state index contributed by atoms with van der Waals surface area (Å²) < 4.78 is 5.76. The number of nitrogens with zero attached hydrogens (tertiary/aromatic N) is 2. The molecule has 1 amide bonds. The standard InChI is InChI=1S/C17H19N3O2/c1-13-12-19-9-10-20(13)17(21)14-3-2-4-16(11-14)22-15-5-7-18-8-6-15/h2-8,11,13,19H,9-10,12H2,1H3/t13-/m1/s1. The van der Waals surface area contributed by atoms with Gasteiger partial charge in [0.05, 0.1) is 0 Å². The Morgan fingerprint density at radius 3 is 2.86 bits per heavy atom. The first kappa shape index (κ1) is 14.5. The summed E-state index contributed by atoms with van der Waals surface area (Å²) in [5.41, 5.74) is 0.653. The van der Waals surface area contributed by atoms with E-state index in [9.17, 15) is 4.79 Å². The number of nitrogens with one attached hydrogen (secondary N) is 1. The number of aromatic nitrogens is 1. The first-order valence-corrected chi connectivity index (χ1v) is 7.43. The van der Waals surface area contributed by atoms with Crippen molar-refractivity contribution in [2.45, 2.75) is 13.0 Å². The lowest BCUT2D eigenvalue weighted by molar-refractivity contribution is 0.0655. The van der Waals surface area contributed by atoms with Crippen LogP contribution in [0.2, 0.25) is 0 Å². The van der Waals surface area contributed by atoms with Gasteiger partial charge in [0, 0.05) is 43.6 Å². The monoisotopic (exact) mass is 297 g/mol. The molecule has 1 saturated heterocycles. The van der Waals surface area contributed by atoms with Crippen molar-refractivity contribution in [3.8, 4) is 11.5 Å². The molecule has 2 aromatic rings. The van der Waals surface area contributed by atoms with E-state index in [-0.39, 0.29) is 11.9 Å². The van der Waals surface area contributed by atoms with Gasteiger partial charge in [0.1, 0.15) is 11.5 Å². The van der Waals surface area contributed by atoms with Crippen molar-refractivity contribution in [1.82, 2.24) is 15.2 Å². The van der Waals surface area contributed by atoms with Crippen LogP contribution in [0.3, 0.4) is 0 Å². The summed E-state index contributed by atoms with van der Waals surface area (Å²) in [5.74, 6) is 1.41. The van der Waals surface area contributed by atoms with Gasteiger partial charge in [-0.15, -0.1) is 0 Å². The second kappa shape index (κ2) is 6.58. The number of amides is 1. The number of carbonyl (C=O) groups is 1. The number of rotatable bonds is 3. The smallest absolute Gasteiger partial charge is 0.254 e. The van der Waals surface area contributed by atoms with E-state index in [2.05, 4.69) is 17.2 Å². The predicted octanol–water partition coefficient (Wildman–Crippen LogP) is 2.31. The zero-order valence-corrected chi connectivity index (χ0v) is 12.5. The number of pyridine rings is 1. The molecule has 0 aliphatic carbocycles. The largest absolute Gasteiger partial charge is 0.457 e. The summed E-state index contributed by atoms with van der Waals surface area (Å²) in [6.45, 7) is 4.46. The molecule has 2 heterocycles. The highest BCUT2D eigenvalue weighted by Gasteiger charge is 2.24. The second-order valence-electron chi connectivity index (χ2n) is 5.36. The number of piperazine rings is 1. The van der Waals surface area contributed by atoms with Gasteiger partial charge in [-0.2, -0.15) is 0 Å². The molecular weight excluding hydrogens is 278 g/mol. The molecule has 1 aliphatic rings. The van der Waals surface area contributed by atoms with Gasteiger partial charge in [-0.1, -0.05) is 6.07 Å². The minimum absolute atomic E-state index is 0.0502. The van der Waals surface area contributed by atoms with Crippen LogP contribution in [-0.2, 0) is 0 Å². The summed E-state index contributed by atoms with van der Waals surface area (Å²) in [6.07, 6.45) is 3.35. The van der Waals surface area contributed by atoms with E-state index in [4.69, 9.17) is 4.74 Å². The van der Waals surface area contributed by atoms with Crippen LogP contribution < -0.4 is 10.1 Å². The Hall–Kier alpha value is -2.40. The van der Waals surface area contributed by atoms with Crippen LogP contribution in [0.1, 0.15) is 17.3 Å². The maximum absolute atomic E-state index is 12.6. The summed E-state index contributed by atoms with van der Waals surface area (Å²) in [6, 6.07) is 11.1. The molecule has 5 nitrogen and oxygen atoms in total. The molecule has 1 aromatic carbocycles. The molecule has 0 saturated carbocycles. The van der Waals surface area contributed by atoms with Gasteiger partial charge in [-0.25, -0.2) is 0 Å². The normalized spacial score (nSPS) is 18.0. The zero-order chi connectivity index (χ0) is 15.4. The van der Waals surface area contributed by atoms with Gasteiger partial charge < -0.3 is 15.0 Å². The molecule has 5 heteroatoms. The van der Waals surface area contributed by atoms with Crippen molar-refractivity contribution >= 4 is 5.91 Å². The van der Waals surface area contributed by atoms with E-state index in [1.165, 1.54) is 0 Å². The number of hydrogen-bond donors (Lipinski definition) is 1. The Bertz CT molecular complexity index is 645. The third-order valence-electron chi connectivity index (χ3n) is 3.73. The van der Waals surface area contributed by atoms with Crippen LogP contribution in [0, 0.1) is 0 Å². The van der Waals surface area contributed by atoms with Crippen LogP contribution in [0.25, 0.3) is 0 Å². The molecular formula is C17H19N3O2. The Labute approximate surface area is 129 Å². The fourth-order valence-electron chi connectivity index (χ4n) is 2.54. The van der Waals surface area contributed by atoms with E-state index >= 15 is 0 Å². The van der Waals surface area contributed by atoms with Crippen LogP contribution in [0.4, 0.5) is 0 Å². The summed E-state index contributed by atoms with van der Waals surface area (Å²) >= 11 is 0. The lowest BCUT2D eigenvalue weighted by Gasteiger charge is -2.34. The highest BCUT2D eigenvalue weighted by molar-refractivity contribution is 5.95. The van der Waals surface area contributed by atoms with Gasteiger partial charge in [0.25, 0.3) is 5.91 Å². The molecule has 1 aliphatic heterocycles. The van der Waals surface area contributed by atoms with Crippen molar-refractivity contribution in [1.29, 1.82) is 0 Å². The topological polar surface area (TPSA) is 54.5 Å². The summed E-state index contributed by atoms with van der Waals surface area (Å²) in [7, 11) is 0. The van der Waals surface area contributed by atoms with Gasteiger partial charge >= 0.3 is 0 Å². The summed E-state index contributed by atoms with van der Waals surface area (Å²) in [4.78, 5) is 18.5. The molecule has 1 atom stereocenters. The number of hydrogen-bond acceptors (Lipinski definition) is 4. The fraction of sp³-hybridized carbons (Fsp3) is 0.294. The highest BCUT2D eigenvalue weighted by Crippen LogP contribution is 2.22. The average Bonchev–Trinajstić information content (AvgIpc) is 2.56. The lowest BCUT2D eigenvalue weighted by Crippen LogP contribution is -2.52. The van der Waals surface area contributed by atoms with Crippen LogP contribution in [0.15, 0.2) is 48.8 Å². The Morgan fingerprint density at radius 2 is 2.09 bits per heavy atom. The molecule has 0 unspecified atom stereocenters. The second-order valence-corrected chi connectivity index (χ2v) is 5.36. The van der Waals surface area contributed by atoms with Crippen molar-refractivity contribution in [2.75, 3.05) is 19.6 Å². The molecule has 114 valence electrons. The molecule has 1 aromatic heterocycles. The average molecular weight is 297 g/mol. The third kappa shape index (κ3) is 3.26. The Morgan fingerprint density at radius 1 is 1.27 bits per heavy atom. The van der Waals surface area contributed by atoms with Crippen molar-refractivity contribution in [3.63, 3.8) is 0 Å². The van der Waals surface area contributed by atoms with Crippen molar-refractivity contribution < 1.29 is 9.53 Å². The van der Waals surface area contributed by atoms with E-state index in [1.54, 1.807) is 30.6 Å². The zero-order valence-electron chi connectivity index (χ0n) is 12.5. The fourth-order valence-corrected chi connectivity index (χ4v) is 2.54. The van der Waals surface area contributed by atoms with E-state index in [1.807, 2.05) is 23.1 Å². The van der Waals surface area contributed by atoms with Crippen molar-refractivity contribution in [3.05, 3.63) is 54.4 Å². The highest BCUT2D eigenvalue weighted by atomic mass is 16.5. The number of ether oxygens (including phenoxy) is 1. The maximum Gasteiger partial charge on any atom is 0.254 e. The maximum atomic E-state index is 12.6. The molecule has 1 N–H and O–H groups in total. The van der Waals surface area contributed by atoms with Gasteiger partial charge in [0.15, 0.2) is 0 Å². The predicted molar refractivity (Wildman–Crippen MR) is 84.1 cm³/mol. The van der Waals surface area contributed by atoms with E-state index in [0.717, 1.165) is 19.6 Å². The molecule has 0 radical (unpaired) electrons. The lowest BCUT2D eigenvalue weighted by atomic mass is 10.1. The number of benzene rings is 1. The first-order valence-electron chi connectivity index (χ1n) is 7.43. The third-order valence-corrected chi connectivity index (χ3v) is 3.73. The summed E-state index contributed by atoms with van der Waals surface area (Å²) in [5, 5.41) is 3.29.